The molecule has 7 rings (SSSR count). The number of ketones is 1. The first-order valence-corrected chi connectivity index (χ1v) is 12.2. The van der Waals surface area contributed by atoms with Crippen LogP contribution in [0, 0.1) is 6.07 Å². The number of para-hydroxylation sites is 5. The Kier molecular flexibility index (Phi) is 7.20. The number of allylic oxidation sites excluding steroid dienone is 2. The number of aliphatic hydroxyl groups excluding tert-OH is 1. The van der Waals surface area contributed by atoms with Gasteiger partial charge in [0.05, 0.1) is 34.1 Å². The minimum Gasteiger partial charge on any atom is -0.512 e. The molecular weight excluding hydrogens is 669 g/mol. The van der Waals surface area contributed by atoms with Crippen LogP contribution >= 0.6 is 0 Å². The largest absolute Gasteiger partial charge is 0.512 e. The molecule has 6 nitrogen and oxygen atoms in total. The van der Waals surface area contributed by atoms with Gasteiger partial charge in [-0.25, -0.2) is 0 Å². The van der Waals surface area contributed by atoms with E-state index >= 15 is 0 Å². The van der Waals surface area contributed by atoms with Crippen LogP contribution < -0.4 is 14.4 Å². The first-order chi connectivity index (χ1) is 18.5. The van der Waals surface area contributed by atoms with Crippen molar-refractivity contribution in [2.24, 2.45) is 0 Å². The number of rotatable bonds is 2. The van der Waals surface area contributed by atoms with Crippen LogP contribution in [0.4, 0.5) is 17.1 Å². The third kappa shape index (κ3) is 5.02. The molecule has 2 aliphatic rings. The van der Waals surface area contributed by atoms with E-state index in [1.807, 2.05) is 66.7 Å². The summed E-state index contributed by atoms with van der Waals surface area (Å²) >= 11 is 0. The average molecular weight is 692 g/mol. The maximum atomic E-state index is 10.0. The van der Waals surface area contributed by atoms with Crippen molar-refractivity contribution in [3.8, 4) is 34.3 Å². The summed E-state index contributed by atoms with van der Waals surface area (Å²) in [7, 11) is 0. The number of hydrogen-bond donors (Lipinski definition) is 1. The Balaban J connectivity index is 0.000000345. The molecule has 0 atom stereocenters. The first-order valence-electron chi connectivity index (χ1n) is 12.2. The van der Waals surface area contributed by atoms with Gasteiger partial charge >= 0.3 is 0 Å². The van der Waals surface area contributed by atoms with Crippen molar-refractivity contribution < 1.29 is 39.5 Å². The Morgan fingerprint density at radius 3 is 2.15 bits per heavy atom. The van der Waals surface area contributed by atoms with E-state index in [1.165, 1.54) is 19.9 Å². The molecule has 195 valence electrons. The Morgan fingerprint density at radius 1 is 0.846 bits per heavy atom. The molecule has 4 aromatic carbocycles. The van der Waals surface area contributed by atoms with Gasteiger partial charge in [0, 0.05) is 31.9 Å². The van der Waals surface area contributed by atoms with Crippen molar-refractivity contribution in [1.29, 1.82) is 0 Å². The number of pyridine rings is 1. The minimum atomic E-state index is -0.125. The third-order valence-corrected chi connectivity index (χ3v) is 6.13. The van der Waals surface area contributed by atoms with Gasteiger partial charge in [-0.05, 0) is 55.3 Å². The zero-order valence-electron chi connectivity index (χ0n) is 21.1. The average Bonchev–Trinajstić information content (AvgIpc) is 2.92. The van der Waals surface area contributed by atoms with Gasteiger partial charge in [-0.2, -0.15) is 0 Å². The third-order valence-electron chi connectivity index (χ3n) is 6.13. The number of nitrogens with zero attached hydrogens (tertiary/aromatic N) is 2. The first kappa shape index (κ1) is 26.2. The second-order valence-corrected chi connectivity index (χ2v) is 8.99. The quantitative estimate of drug-likeness (QED) is 0.112. The fourth-order valence-electron chi connectivity index (χ4n) is 4.60. The van der Waals surface area contributed by atoms with E-state index in [4.69, 9.17) is 19.6 Å². The zero-order valence-corrected chi connectivity index (χ0v) is 23.5. The summed E-state index contributed by atoms with van der Waals surface area (Å²) in [6, 6.07) is 33.7. The summed E-state index contributed by atoms with van der Waals surface area (Å²) in [6.07, 6.45) is 1.17. The van der Waals surface area contributed by atoms with Crippen LogP contribution in [0.3, 0.4) is 0 Å². The molecule has 0 saturated carbocycles. The van der Waals surface area contributed by atoms with Crippen molar-refractivity contribution in [3.05, 3.63) is 109 Å². The molecule has 5 aromatic rings. The van der Waals surface area contributed by atoms with Gasteiger partial charge in [0.15, 0.2) is 5.78 Å². The van der Waals surface area contributed by atoms with Gasteiger partial charge in [-0.1, -0.05) is 66.7 Å². The standard InChI is InChI=1S/C27H15N2O2.C5H8O2.Ir/c1-2-8-19-17(7-1)13-14-20(28-19)18-15-25-27-26(16-18)31-24-12-6-4-10-22(24)29(27)21-9-3-5-11-23(21)30-25;1-4(6)3-5(2)7;/h1-15H;3,6H,1-2H3;/q-1;;/b;4-3-;. The van der Waals surface area contributed by atoms with Crippen LogP contribution in [0.1, 0.15) is 13.8 Å². The second kappa shape index (κ2) is 10.7. The van der Waals surface area contributed by atoms with Crippen LogP contribution in [0.25, 0.3) is 22.2 Å². The summed E-state index contributed by atoms with van der Waals surface area (Å²) in [5, 5.41) is 9.47. The molecule has 0 fully saturated rings. The monoisotopic (exact) mass is 692 g/mol. The molecule has 0 saturated heterocycles. The molecule has 0 unspecified atom stereocenters. The van der Waals surface area contributed by atoms with Crippen LogP contribution in [0.5, 0.6) is 23.0 Å². The SMILES string of the molecule is CC(=O)/C=C(/C)O.[Ir].[c-]1c(-c2ccc3ccccc3n2)cc2c3c1Oc1ccccc1N3c1ccccc1O2. The summed E-state index contributed by atoms with van der Waals surface area (Å²) in [6.45, 7) is 2.85. The molecule has 39 heavy (non-hydrogen) atoms. The van der Waals surface area contributed by atoms with Gasteiger partial charge in [0.2, 0.25) is 0 Å². The maximum absolute atomic E-state index is 10.0. The number of hydrogen-bond acceptors (Lipinski definition) is 6. The van der Waals surface area contributed by atoms with Crippen LogP contribution in [-0.2, 0) is 24.9 Å². The summed E-state index contributed by atoms with van der Waals surface area (Å²) in [5.74, 6) is 2.90. The van der Waals surface area contributed by atoms with Crippen molar-refractivity contribution in [2.45, 2.75) is 13.8 Å². The topological polar surface area (TPSA) is 71.9 Å². The van der Waals surface area contributed by atoms with E-state index in [1.54, 1.807) is 0 Å². The molecule has 2 aliphatic heterocycles. The molecule has 7 heteroatoms. The van der Waals surface area contributed by atoms with E-state index < -0.39 is 0 Å². The van der Waals surface area contributed by atoms with Crippen LogP contribution in [0.2, 0.25) is 0 Å². The smallest absolute Gasteiger partial charge is 0.155 e. The van der Waals surface area contributed by atoms with Gasteiger partial charge in [-0.3, -0.25) is 9.78 Å². The Hall–Kier alpha value is -4.45. The Bertz CT molecular complexity index is 1670. The number of aliphatic hydroxyl groups is 1. The predicted octanol–water partition coefficient (Wildman–Crippen LogP) is 8.42. The molecule has 0 spiro atoms. The number of carbonyl (C=O) groups excluding carboxylic acids is 1. The summed E-state index contributed by atoms with van der Waals surface area (Å²) < 4.78 is 12.6. The fraction of sp³-hybridized carbons (Fsp3) is 0.0625. The normalized spacial score (nSPS) is 12.4. The van der Waals surface area contributed by atoms with E-state index in [2.05, 4.69) is 35.2 Å². The van der Waals surface area contributed by atoms with E-state index in [0.717, 1.165) is 56.5 Å². The van der Waals surface area contributed by atoms with Gasteiger partial charge in [0.1, 0.15) is 11.5 Å². The van der Waals surface area contributed by atoms with Gasteiger partial charge in [0.25, 0.3) is 0 Å². The molecule has 0 amide bonds. The summed E-state index contributed by atoms with van der Waals surface area (Å²) in [4.78, 5) is 17.0. The second-order valence-electron chi connectivity index (χ2n) is 8.99. The van der Waals surface area contributed by atoms with Crippen molar-refractivity contribution in [3.63, 3.8) is 0 Å². The molecule has 0 aliphatic carbocycles. The van der Waals surface area contributed by atoms with Crippen molar-refractivity contribution in [2.75, 3.05) is 4.90 Å². The Labute approximate surface area is 239 Å². The van der Waals surface area contributed by atoms with E-state index in [9.17, 15) is 4.79 Å². The number of anilines is 3. The summed E-state index contributed by atoms with van der Waals surface area (Å²) in [5.41, 5.74) is 5.43. The minimum absolute atomic E-state index is 0. The number of ether oxygens (including phenoxy) is 2. The fourth-order valence-corrected chi connectivity index (χ4v) is 4.60. The zero-order chi connectivity index (χ0) is 26.2. The molecule has 0 bridgehead atoms. The van der Waals surface area contributed by atoms with Gasteiger partial charge in [-0.15, -0.1) is 5.56 Å². The van der Waals surface area contributed by atoms with E-state index in [-0.39, 0.29) is 31.6 Å². The number of benzene rings is 4. The number of carbonyl (C=O) groups is 1. The molecular formula is C32H23IrN2O4-. The van der Waals surface area contributed by atoms with Crippen LogP contribution in [-0.4, -0.2) is 15.9 Å². The number of aromatic nitrogens is 1. The van der Waals surface area contributed by atoms with Crippen LogP contribution in [0.15, 0.2) is 103 Å². The molecule has 1 N–H and O–H groups in total. The molecule has 1 aromatic heterocycles. The molecule has 3 heterocycles. The number of fused-ring (bicyclic) bond motifs is 5. The maximum Gasteiger partial charge on any atom is 0.155 e. The van der Waals surface area contributed by atoms with Crippen molar-refractivity contribution in [1.82, 2.24) is 4.98 Å². The van der Waals surface area contributed by atoms with Gasteiger partial charge < -0.3 is 19.5 Å². The Morgan fingerprint density at radius 2 is 1.49 bits per heavy atom. The molecule has 1 radical (unpaired) electrons. The van der Waals surface area contributed by atoms with Crippen molar-refractivity contribution >= 4 is 33.7 Å². The predicted molar refractivity (Wildman–Crippen MR) is 148 cm³/mol. The van der Waals surface area contributed by atoms with E-state index in [0.29, 0.717) is 5.75 Å².